The van der Waals surface area contributed by atoms with E-state index in [0.29, 0.717) is 0 Å². The van der Waals surface area contributed by atoms with E-state index in [1.807, 2.05) is 11.3 Å². The van der Waals surface area contributed by atoms with Crippen molar-refractivity contribution in [2.24, 2.45) is 5.73 Å². The minimum absolute atomic E-state index is 0.130. The fourth-order valence-corrected chi connectivity index (χ4v) is 4.67. The molecule has 2 aliphatic rings. The molecule has 112 valence electrons. The second-order valence-corrected chi connectivity index (χ2v) is 8.34. The van der Waals surface area contributed by atoms with Crippen molar-refractivity contribution in [1.29, 1.82) is 0 Å². The molecule has 0 bridgehead atoms. The van der Waals surface area contributed by atoms with Crippen molar-refractivity contribution in [2.75, 3.05) is 18.0 Å². The summed E-state index contributed by atoms with van der Waals surface area (Å²) in [6, 6.07) is 0.130. The highest BCUT2D eigenvalue weighted by molar-refractivity contribution is 7.15. The van der Waals surface area contributed by atoms with Gasteiger partial charge in [-0.25, -0.2) is 4.98 Å². The van der Waals surface area contributed by atoms with Crippen molar-refractivity contribution in [3.05, 3.63) is 10.6 Å². The maximum absolute atomic E-state index is 6.20. The lowest BCUT2D eigenvalue weighted by molar-refractivity contribution is -0.133. The van der Waals surface area contributed by atoms with E-state index in [4.69, 9.17) is 15.5 Å². The van der Waals surface area contributed by atoms with Crippen molar-refractivity contribution in [3.63, 3.8) is 0 Å². The van der Waals surface area contributed by atoms with Crippen molar-refractivity contribution in [1.82, 2.24) is 4.98 Å². The van der Waals surface area contributed by atoms with E-state index in [1.54, 1.807) is 0 Å². The molecule has 0 saturated carbocycles. The van der Waals surface area contributed by atoms with Crippen LogP contribution in [0.5, 0.6) is 0 Å². The first-order valence-corrected chi connectivity index (χ1v) is 8.28. The fraction of sp³-hybridized carbons (Fsp3) is 0.800. The molecule has 0 radical (unpaired) electrons. The molecule has 1 fully saturated rings. The Morgan fingerprint density at radius 1 is 1.25 bits per heavy atom. The summed E-state index contributed by atoms with van der Waals surface area (Å²) in [6.45, 7) is 10.4. The van der Waals surface area contributed by atoms with Crippen LogP contribution in [0.1, 0.15) is 57.1 Å². The Bertz CT molecular complexity index is 493. The van der Waals surface area contributed by atoms with Gasteiger partial charge >= 0.3 is 0 Å². The molecule has 0 spiro atoms. The molecular formula is C15H25N3OS. The molecule has 2 heterocycles. The van der Waals surface area contributed by atoms with E-state index in [2.05, 4.69) is 32.6 Å². The SMILES string of the molecule is CC1(C)CN(c2nc3c(s2)CCCC3N)CC(C)(C)O1. The second-order valence-electron chi connectivity index (χ2n) is 7.28. The minimum atomic E-state index is -0.143. The summed E-state index contributed by atoms with van der Waals surface area (Å²) in [6.07, 6.45) is 3.39. The topological polar surface area (TPSA) is 51.4 Å². The maximum Gasteiger partial charge on any atom is 0.186 e. The Balaban J connectivity index is 1.89. The third-order valence-electron chi connectivity index (χ3n) is 3.95. The summed E-state index contributed by atoms with van der Waals surface area (Å²) < 4.78 is 6.15. The van der Waals surface area contributed by atoms with Crippen LogP contribution in [0.4, 0.5) is 5.13 Å². The molecule has 1 atom stereocenters. The third kappa shape index (κ3) is 2.71. The van der Waals surface area contributed by atoms with Gasteiger partial charge in [0, 0.05) is 24.0 Å². The lowest BCUT2D eigenvalue weighted by atomic mass is 9.98. The number of hydrogen-bond acceptors (Lipinski definition) is 5. The van der Waals surface area contributed by atoms with Gasteiger partial charge in [0.15, 0.2) is 5.13 Å². The first kappa shape index (κ1) is 14.3. The minimum Gasteiger partial charge on any atom is -0.366 e. The summed E-state index contributed by atoms with van der Waals surface area (Å²) in [5, 5.41) is 1.12. The number of ether oxygens (including phenoxy) is 1. The van der Waals surface area contributed by atoms with Gasteiger partial charge in [0.25, 0.3) is 0 Å². The third-order valence-corrected chi connectivity index (χ3v) is 5.14. The number of rotatable bonds is 1. The molecule has 20 heavy (non-hydrogen) atoms. The van der Waals surface area contributed by atoms with Crippen molar-refractivity contribution in [2.45, 2.75) is 64.2 Å². The monoisotopic (exact) mass is 295 g/mol. The van der Waals surface area contributed by atoms with Crippen LogP contribution >= 0.6 is 11.3 Å². The largest absolute Gasteiger partial charge is 0.366 e. The molecule has 1 aliphatic carbocycles. The van der Waals surface area contributed by atoms with E-state index in [-0.39, 0.29) is 17.2 Å². The number of aryl methyl sites for hydroxylation is 1. The summed E-state index contributed by atoms with van der Waals surface area (Å²) in [7, 11) is 0. The van der Waals surface area contributed by atoms with Gasteiger partial charge in [-0.05, 0) is 47.0 Å². The zero-order chi connectivity index (χ0) is 14.5. The van der Waals surface area contributed by atoms with Gasteiger partial charge < -0.3 is 15.4 Å². The van der Waals surface area contributed by atoms with Crippen LogP contribution in [0.25, 0.3) is 0 Å². The number of nitrogens with zero attached hydrogens (tertiary/aromatic N) is 2. The lowest BCUT2D eigenvalue weighted by Gasteiger charge is -2.47. The number of fused-ring (bicyclic) bond motifs is 1. The predicted octanol–water partition coefficient (Wildman–Crippen LogP) is 2.87. The molecule has 1 aromatic rings. The number of morpholine rings is 1. The standard InChI is InChI=1S/C15H25N3OS/c1-14(2)8-18(9-15(3,4)19-14)13-17-12-10(16)6-5-7-11(12)20-13/h10H,5-9,16H2,1-4H3. The first-order valence-electron chi connectivity index (χ1n) is 7.46. The number of nitrogens with two attached hydrogens (primary N) is 1. The van der Waals surface area contributed by atoms with E-state index < -0.39 is 0 Å². The molecule has 5 heteroatoms. The van der Waals surface area contributed by atoms with Crippen molar-refractivity contribution < 1.29 is 4.74 Å². The second kappa shape index (κ2) is 4.68. The molecule has 1 aliphatic heterocycles. The van der Waals surface area contributed by atoms with Gasteiger partial charge in [-0.15, -0.1) is 11.3 Å². The Labute approximate surface area is 125 Å². The van der Waals surface area contributed by atoms with Gasteiger partial charge in [0.1, 0.15) is 0 Å². The Kier molecular flexibility index (Phi) is 3.35. The lowest BCUT2D eigenvalue weighted by Crippen LogP contribution is -2.57. The average molecular weight is 295 g/mol. The van der Waals surface area contributed by atoms with Crippen molar-refractivity contribution in [3.8, 4) is 0 Å². The highest BCUT2D eigenvalue weighted by atomic mass is 32.1. The molecule has 2 N–H and O–H groups in total. The summed E-state index contributed by atoms with van der Waals surface area (Å²) >= 11 is 1.83. The molecule has 1 unspecified atom stereocenters. The molecule has 0 amide bonds. The Hall–Kier alpha value is -0.650. The maximum atomic E-state index is 6.20. The first-order chi connectivity index (χ1) is 9.26. The highest BCUT2D eigenvalue weighted by Crippen LogP contribution is 2.38. The van der Waals surface area contributed by atoms with Crippen LogP contribution in [0.2, 0.25) is 0 Å². The fourth-order valence-electron chi connectivity index (χ4n) is 3.50. The van der Waals surface area contributed by atoms with Crippen LogP contribution in [-0.4, -0.2) is 29.3 Å². The normalized spacial score (nSPS) is 28.2. The zero-order valence-corrected chi connectivity index (χ0v) is 13.7. The van der Waals surface area contributed by atoms with E-state index in [9.17, 15) is 0 Å². The molecule has 1 aromatic heterocycles. The zero-order valence-electron chi connectivity index (χ0n) is 12.9. The average Bonchev–Trinajstić information content (AvgIpc) is 2.70. The van der Waals surface area contributed by atoms with E-state index in [0.717, 1.165) is 36.8 Å². The van der Waals surface area contributed by atoms with E-state index >= 15 is 0 Å². The van der Waals surface area contributed by atoms with Crippen LogP contribution < -0.4 is 10.6 Å². The van der Waals surface area contributed by atoms with Crippen LogP contribution in [0, 0.1) is 0 Å². The summed E-state index contributed by atoms with van der Waals surface area (Å²) in [5.74, 6) is 0. The van der Waals surface area contributed by atoms with Gasteiger partial charge in [-0.2, -0.15) is 0 Å². The summed E-state index contributed by atoms with van der Waals surface area (Å²) in [4.78, 5) is 8.61. The molecule has 4 nitrogen and oxygen atoms in total. The van der Waals surface area contributed by atoms with Crippen LogP contribution in [0.15, 0.2) is 0 Å². The van der Waals surface area contributed by atoms with Crippen LogP contribution in [-0.2, 0) is 11.2 Å². The van der Waals surface area contributed by atoms with Gasteiger partial charge in [-0.3, -0.25) is 0 Å². The van der Waals surface area contributed by atoms with Gasteiger partial charge in [0.2, 0.25) is 0 Å². The highest BCUT2D eigenvalue weighted by Gasteiger charge is 2.39. The van der Waals surface area contributed by atoms with Crippen molar-refractivity contribution >= 4 is 16.5 Å². The molecule has 1 saturated heterocycles. The number of anilines is 1. The molecule has 3 rings (SSSR count). The Morgan fingerprint density at radius 2 is 1.90 bits per heavy atom. The van der Waals surface area contributed by atoms with Gasteiger partial charge in [-0.1, -0.05) is 0 Å². The van der Waals surface area contributed by atoms with Crippen LogP contribution in [0.3, 0.4) is 0 Å². The molecule has 0 aromatic carbocycles. The smallest absolute Gasteiger partial charge is 0.186 e. The predicted molar refractivity (Wildman–Crippen MR) is 83.4 cm³/mol. The quantitative estimate of drug-likeness (QED) is 0.865. The number of hydrogen-bond donors (Lipinski definition) is 1. The number of thiazole rings is 1. The summed E-state index contributed by atoms with van der Waals surface area (Å²) in [5.41, 5.74) is 7.05. The number of aromatic nitrogens is 1. The van der Waals surface area contributed by atoms with Gasteiger partial charge in [0.05, 0.1) is 16.9 Å². The van der Waals surface area contributed by atoms with E-state index in [1.165, 1.54) is 11.3 Å². The molecular weight excluding hydrogens is 270 g/mol. The Morgan fingerprint density at radius 3 is 2.50 bits per heavy atom.